The fraction of sp³-hybridized carbons (Fsp3) is 0.560. The molecule has 188 valence electrons. The monoisotopic (exact) mass is 545 g/mol. The van der Waals surface area contributed by atoms with Crippen LogP contribution >= 0.6 is 15.9 Å². The summed E-state index contributed by atoms with van der Waals surface area (Å²) in [5.41, 5.74) is 1.35. The number of carbonyl (C=O) groups excluding carboxylic acids is 1. The van der Waals surface area contributed by atoms with E-state index >= 15 is 0 Å². The third-order valence-electron chi connectivity index (χ3n) is 6.50. The average Bonchev–Trinajstić information content (AvgIpc) is 3.22. The van der Waals surface area contributed by atoms with E-state index in [2.05, 4.69) is 26.1 Å². The van der Waals surface area contributed by atoms with Gasteiger partial charge < -0.3 is 24.4 Å². The van der Waals surface area contributed by atoms with Gasteiger partial charge >= 0.3 is 6.09 Å². The number of piperidine rings is 1. The van der Waals surface area contributed by atoms with Crippen molar-refractivity contribution in [1.29, 1.82) is 0 Å². The minimum atomic E-state index is -0.502. The number of amides is 1. The van der Waals surface area contributed by atoms with Crippen LogP contribution in [0.1, 0.15) is 46.1 Å². The standard InChI is InChI=1S/C25H32BrN5O4/c1-25(2,3)35-24(32)30-11-8-15(9-12-30)17-7-10-28-23-22(27-4)21(29-31(17)23)16-13-18(33-5)20(26)19(14-16)34-6/h13-15,17,28H,7-12H2,1-3,5-6H3. The normalized spacial score (nSPS) is 18.3. The van der Waals surface area contributed by atoms with E-state index < -0.39 is 5.60 Å². The van der Waals surface area contributed by atoms with Gasteiger partial charge in [-0.25, -0.2) is 9.64 Å². The number of anilines is 1. The zero-order chi connectivity index (χ0) is 25.3. The molecule has 0 saturated carbocycles. The van der Waals surface area contributed by atoms with E-state index in [1.54, 1.807) is 19.1 Å². The fourth-order valence-corrected chi connectivity index (χ4v) is 5.38. The first-order valence-electron chi connectivity index (χ1n) is 11.8. The number of hydrogen-bond donors (Lipinski definition) is 1. The number of methoxy groups -OCH3 is 2. The maximum atomic E-state index is 12.5. The van der Waals surface area contributed by atoms with E-state index in [1.165, 1.54) is 0 Å². The van der Waals surface area contributed by atoms with Gasteiger partial charge in [0.25, 0.3) is 5.69 Å². The van der Waals surface area contributed by atoms with Crippen LogP contribution in [0.5, 0.6) is 11.5 Å². The van der Waals surface area contributed by atoms with Crippen molar-refractivity contribution in [3.05, 3.63) is 28.0 Å². The zero-order valence-corrected chi connectivity index (χ0v) is 22.4. The quantitative estimate of drug-likeness (QED) is 0.482. The number of benzene rings is 1. The summed E-state index contributed by atoms with van der Waals surface area (Å²) in [6, 6.07) is 3.88. The van der Waals surface area contributed by atoms with Gasteiger partial charge in [-0.15, -0.1) is 0 Å². The maximum Gasteiger partial charge on any atom is 0.410 e. The summed E-state index contributed by atoms with van der Waals surface area (Å²) in [5, 5.41) is 8.33. The van der Waals surface area contributed by atoms with Crippen LogP contribution in [0.25, 0.3) is 16.1 Å². The number of nitrogens with one attached hydrogen (secondary N) is 1. The molecule has 2 aliphatic rings. The molecule has 0 aliphatic carbocycles. The fourth-order valence-electron chi connectivity index (χ4n) is 4.83. The largest absolute Gasteiger partial charge is 0.495 e. The molecule has 1 saturated heterocycles. The van der Waals surface area contributed by atoms with Crippen molar-refractivity contribution in [3.8, 4) is 22.8 Å². The topological polar surface area (TPSA) is 82.2 Å². The Labute approximate surface area is 214 Å². The summed E-state index contributed by atoms with van der Waals surface area (Å²) in [4.78, 5) is 18.1. The lowest BCUT2D eigenvalue weighted by molar-refractivity contribution is 0.0157. The molecule has 1 unspecified atom stereocenters. The van der Waals surface area contributed by atoms with Crippen LogP contribution in [-0.2, 0) is 4.74 Å². The molecule has 0 spiro atoms. The first kappa shape index (κ1) is 25.2. The number of carbonyl (C=O) groups is 1. The molecule has 1 aromatic heterocycles. The summed E-state index contributed by atoms with van der Waals surface area (Å²) in [6.45, 7) is 15.6. The molecular weight excluding hydrogens is 514 g/mol. The second-order valence-electron chi connectivity index (χ2n) is 9.88. The zero-order valence-electron chi connectivity index (χ0n) is 20.9. The van der Waals surface area contributed by atoms with E-state index in [0.717, 1.165) is 37.2 Å². The highest BCUT2D eigenvalue weighted by Gasteiger charge is 2.36. The number of ether oxygens (including phenoxy) is 3. The highest BCUT2D eigenvalue weighted by molar-refractivity contribution is 9.10. The van der Waals surface area contributed by atoms with Crippen molar-refractivity contribution in [3.63, 3.8) is 0 Å². The molecule has 1 aromatic carbocycles. The van der Waals surface area contributed by atoms with Gasteiger partial charge in [0.2, 0.25) is 0 Å². The number of halogens is 1. The van der Waals surface area contributed by atoms with Crippen LogP contribution in [0.2, 0.25) is 0 Å². The van der Waals surface area contributed by atoms with Gasteiger partial charge in [0.1, 0.15) is 33.1 Å². The minimum absolute atomic E-state index is 0.153. The van der Waals surface area contributed by atoms with Crippen molar-refractivity contribution in [2.75, 3.05) is 39.2 Å². The van der Waals surface area contributed by atoms with Gasteiger partial charge in [-0.2, -0.15) is 5.10 Å². The maximum absolute atomic E-state index is 12.5. The molecule has 2 aliphatic heterocycles. The lowest BCUT2D eigenvalue weighted by atomic mass is 9.87. The van der Waals surface area contributed by atoms with Gasteiger partial charge in [0, 0.05) is 19.6 Å². The smallest absolute Gasteiger partial charge is 0.410 e. The Hall–Kier alpha value is -2.93. The second-order valence-corrected chi connectivity index (χ2v) is 10.7. The Morgan fingerprint density at radius 3 is 2.34 bits per heavy atom. The van der Waals surface area contributed by atoms with Crippen LogP contribution in [-0.4, -0.2) is 60.2 Å². The average molecular weight is 546 g/mol. The lowest BCUT2D eigenvalue weighted by Gasteiger charge is -2.38. The highest BCUT2D eigenvalue weighted by Crippen LogP contribution is 2.46. The summed E-state index contributed by atoms with van der Waals surface area (Å²) in [5.74, 6) is 2.33. The Balaban J connectivity index is 1.61. The van der Waals surface area contributed by atoms with Crippen molar-refractivity contribution in [1.82, 2.24) is 14.7 Å². The molecule has 9 nitrogen and oxygen atoms in total. The Kier molecular flexibility index (Phi) is 7.17. The Bertz CT molecular complexity index is 1120. The van der Waals surface area contributed by atoms with Crippen LogP contribution in [0, 0.1) is 12.5 Å². The van der Waals surface area contributed by atoms with Gasteiger partial charge in [0.05, 0.1) is 26.8 Å². The molecule has 4 rings (SSSR count). The first-order chi connectivity index (χ1) is 16.7. The molecular formula is C25H32BrN5O4. The predicted molar refractivity (Wildman–Crippen MR) is 137 cm³/mol. The van der Waals surface area contributed by atoms with Crippen LogP contribution in [0.4, 0.5) is 16.3 Å². The molecule has 2 aromatic rings. The number of likely N-dealkylation sites (tertiary alicyclic amines) is 1. The van der Waals surface area contributed by atoms with E-state index in [4.69, 9.17) is 25.9 Å². The first-order valence-corrected chi connectivity index (χ1v) is 12.6. The van der Waals surface area contributed by atoms with Crippen LogP contribution < -0.4 is 14.8 Å². The third kappa shape index (κ3) is 5.06. The van der Waals surface area contributed by atoms with Crippen molar-refractivity contribution < 1.29 is 19.0 Å². The van der Waals surface area contributed by atoms with E-state index in [0.29, 0.717) is 46.4 Å². The van der Waals surface area contributed by atoms with Crippen molar-refractivity contribution in [2.24, 2.45) is 5.92 Å². The Morgan fingerprint density at radius 2 is 1.80 bits per heavy atom. The SMILES string of the molecule is [C-]#[N+]c1c(-c2cc(OC)c(Br)c(OC)c2)nn2c1NCCC2C1CCN(C(=O)OC(C)(C)C)CC1. The van der Waals surface area contributed by atoms with Gasteiger partial charge in [-0.05, 0) is 79.6 Å². The summed E-state index contributed by atoms with van der Waals surface area (Å²) >= 11 is 3.51. The lowest BCUT2D eigenvalue weighted by Crippen LogP contribution is -2.43. The predicted octanol–water partition coefficient (Wildman–Crippen LogP) is 5.88. The van der Waals surface area contributed by atoms with E-state index in [9.17, 15) is 4.79 Å². The molecule has 1 N–H and O–H groups in total. The van der Waals surface area contributed by atoms with Crippen LogP contribution in [0.3, 0.4) is 0 Å². The minimum Gasteiger partial charge on any atom is -0.495 e. The molecule has 1 atom stereocenters. The third-order valence-corrected chi connectivity index (χ3v) is 7.28. The highest BCUT2D eigenvalue weighted by atomic mass is 79.9. The summed E-state index contributed by atoms with van der Waals surface area (Å²) < 4.78 is 19.3. The molecule has 10 heteroatoms. The molecule has 3 heterocycles. The van der Waals surface area contributed by atoms with Gasteiger partial charge in [-0.1, -0.05) is 0 Å². The number of rotatable bonds is 4. The summed E-state index contributed by atoms with van der Waals surface area (Å²) in [6.07, 6.45) is 2.39. The molecule has 35 heavy (non-hydrogen) atoms. The number of aromatic nitrogens is 2. The van der Waals surface area contributed by atoms with Crippen molar-refractivity contribution >= 4 is 33.5 Å². The molecule has 1 amide bonds. The number of hydrogen-bond acceptors (Lipinski definition) is 6. The van der Waals surface area contributed by atoms with E-state index in [-0.39, 0.29) is 12.1 Å². The van der Waals surface area contributed by atoms with E-state index in [1.807, 2.05) is 37.6 Å². The van der Waals surface area contributed by atoms with Crippen molar-refractivity contribution in [2.45, 2.75) is 51.7 Å². The molecule has 1 fully saturated rings. The number of nitrogens with zero attached hydrogens (tertiary/aromatic N) is 4. The van der Waals surface area contributed by atoms with Gasteiger partial charge in [0.15, 0.2) is 0 Å². The molecule has 0 bridgehead atoms. The van der Waals surface area contributed by atoms with Crippen LogP contribution in [0.15, 0.2) is 16.6 Å². The molecule has 0 radical (unpaired) electrons. The Morgan fingerprint density at radius 1 is 1.17 bits per heavy atom. The summed E-state index contributed by atoms with van der Waals surface area (Å²) in [7, 11) is 3.19. The van der Waals surface area contributed by atoms with Gasteiger partial charge in [-0.3, -0.25) is 4.68 Å². The second kappa shape index (κ2) is 9.97. The number of fused-ring (bicyclic) bond motifs is 1.